The van der Waals surface area contributed by atoms with E-state index in [-0.39, 0.29) is 0 Å². The number of nitrogens with two attached hydrogens (primary N) is 1. The van der Waals surface area contributed by atoms with Gasteiger partial charge in [-0.1, -0.05) is 31.5 Å². The molecule has 0 aromatic heterocycles. The molecule has 104 valence electrons. The molecule has 0 saturated carbocycles. The topological polar surface area (TPSA) is 55.1 Å². The van der Waals surface area contributed by atoms with Crippen LogP contribution in [0.25, 0.3) is 0 Å². The third kappa shape index (κ3) is 4.03. The molecule has 2 aromatic carbocycles. The Morgan fingerprint density at radius 2 is 1.95 bits per heavy atom. The van der Waals surface area contributed by atoms with Crippen LogP contribution in [0.2, 0.25) is 0 Å². The number of hydrogen-bond acceptors (Lipinski definition) is 3. The monoisotopic (exact) mass is 286 g/mol. The molecule has 0 saturated heterocycles. The molecule has 3 N–H and O–H groups in total. The van der Waals surface area contributed by atoms with E-state index >= 15 is 0 Å². The third-order valence-electron chi connectivity index (χ3n) is 2.90. The fourth-order valence-corrected chi connectivity index (χ4v) is 2.50. The van der Waals surface area contributed by atoms with Crippen LogP contribution in [-0.2, 0) is 6.42 Å². The second-order valence-corrected chi connectivity index (χ2v) is 5.42. The second-order valence-electron chi connectivity index (χ2n) is 4.54. The Morgan fingerprint density at radius 1 is 1.20 bits per heavy atom. The predicted molar refractivity (Wildman–Crippen MR) is 84.9 cm³/mol. The average Bonchev–Trinajstić information content (AvgIpc) is 2.47. The van der Waals surface area contributed by atoms with E-state index in [1.807, 2.05) is 12.1 Å². The lowest BCUT2D eigenvalue weighted by molar-refractivity contribution is 0.100. The first-order valence-corrected chi connectivity index (χ1v) is 7.42. The van der Waals surface area contributed by atoms with Gasteiger partial charge in [-0.05, 0) is 54.3 Å². The van der Waals surface area contributed by atoms with Crippen molar-refractivity contribution >= 4 is 23.5 Å². The average molecular weight is 286 g/mol. The highest BCUT2D eigenvalue weighted by Crippen LogP contribution is 2.22. The van der Waals surface area contributed by atoms with Gasteiger partial charge in [-0.3, -0.25) is 4.79 Å². The van der Waals surface area contributed by atoms with Crippen LogP contribution in [0.1, 0.15) is 29.3 Å². The van der Waals surface area contributed by atoms with Crippen molar-refractivity contribution in [3.63, 3.8) is 0 Å². The molecule has 2 aromatic rings. The largest absolute Gasteiger partial charge is 0.366 e. The van der Waals surface area contributed by atoms with E-state index in [2.05, 4.69) is 35.9 Å². The maximum Gasteiger partial charge on any atom is 0.248 e. The summed E-state index contributed by atoms with van der Waals surface area (Å²) >= 11 is 1.52. The number of aryl methyl sites for hydroxylation is 1. The minimum Gasteiger partial charge on any atom is -0.366 e. The molecule has 4 heteroatoms. The lowest BCUT2D eigenvalue weighted by atomic mass is 10.1. The van der Waals surface area contributed by atoms with Crippen LogP contribution in [0.3, 0.4) is 0 Å². The Morgan fingerprint density at radius 3 is 2.60 bits per heavy atom. The van der Waals surface area contributed by atoms with Crippen molar-refractivity contribution in [3.05, 3.63) is 59.7 Å². The Labute approximate surface area is 123 Å². The van der Waals surface area contributed by atoms with Crippen molar-refractivity contribution in [2.24, 2.45) is 5.73 Å². The van der Waals surface area contributed by atoms with Crippen molar-refractivity contribution in [1.82, 2.24) is 0 Å². The first-order valence-electron chi connectivity index (χ1n) is 6.60. The summed E-state index contributed by atoms with van der Waals surface area (Å²) in [6, 6.07) is 15.7. The SMILES string of the molecule is CCCc1ccc(SNc2cccc(C(N)=O)c2)cc1. The van der Waals surface area contributed by atoms with Gasteiger partial charge in [0.1, 0.15) is 0 Å². The van der Waals surface area contributed by atoms with Gasteiger partial charge in [0.25, 0.3) is 0 Å². The number of amides is 1. The summed E-state index contributed by atoms with van der Waals surface area (Å²) < 4.78 is 3.22. The highest BCUT2D eigenvalue weighted by atomic mass is 32.2. The third-order valence-corrected chi connectivity index (χ3v) is 3.74. The minimum absolute atomic E-state index is 0.414. The Balaban J connectivity index is 1.97. The molecular formula is C16H18N2OS. The van der Waals surface area contributed by atoms with E-state index in [0.29, 0.717) is 5.56 Å². The van der Waals surface area contributed by atoms with Crippen LogP contribution in [0.15, 0.2) is 53.4 Å². The van der Waals surface area contributed by atoms with Crippen LogP contribution in [-0.4, -0.2) is 5.91 Å². The number of hydrogen-bond donors (Lipinski definition) is 2. The summed E-state index contributed by atoms with van der Waals surface area (Å²) in [6.45, 7) is 2.18. The molecule has 0 atom stereocenters. The Kier molecular flexibility index (Phi) is 5.07. The van der Waals surface area contributed by atoms with Crippen LogP contribution in [0.4, 0.5) is 5.69 Å². The molecule has 3 nitrogen and oxygen atoms in total. The number of carbonyl (C=O) groups excluding carboxylic acids is 1. The zero-order valence-corrected chi connectivity index (χ0v) is 12.2. The summed E-state index contributed by atoms with van der Waals surface area (Å²) in [7, 11) is 0. The van der Waals surface area contributed by atoms with Crippen molar-refractivity contribution < 1.29 is 4.79 Å². The fraction of sp³-hybridized carbons (Fsp3) is 0.188. The second kappa shape index (κ2) is 7.01. The van der Waals surface area contributed by atoms with E-state index in [0.717, 1.165) is 23.4 Å². The van der Waals surface area contributed by atoms with E-state index in [4.69, 9.17) is 5.73 Å². The number of primary amides is 1. The van der Waals surface area contributed by atoms with Crippen LogP contribution in [0.5, 0.6) is 0 Å². The number of benzene rings is 2. The molecule has 0 aliphatic rings. The standard InChI is InChI=1S/C16H18N2OS/c1-2-4-12-7-9-15(10-8-12)20-18-14-6-3-5-13(11-14)16(17)19/h3,5-11,18H,2,4H2,1H3,(H2,17,19). The lowest BCUT2D eigenvalue weighted by Gasteiger charge is -2.07. The molecule has 0 heterocycles. The molecule has 20 heavy (non-hydrogen) atoms. The van der Waals surface area contributed by atoms with Gasteiger partial charge in [0.2, 0.25) is 5.91 Å². The minimum atomic E-state index is -0.414. The number of nitrogens with one attached hydrogen (secondary N) is 1. The fourth-order valence-electron chi connectivity index (χ4n) is 1.87. The number of anilines is 1. The molecule has 0 spiro atoms. The molecule has 0 fully saturated rings. The van der Waals surface area contributed by atoms with Gasteiger partial charge >= 0.3 is 0 Å². The Bertz CT molecular complexity index is 581. The van der Waals surface area contributed by atoms with Crippen molar-refractivity contribution in [1.29, 1.82) is 0 Å². The highest BCUT2D eigenvalue weighted by molar-refractivity contribution is 8.00. The smallest absolute Gasteiger partial charge is 0.248 e. The molecule has 0 unspecified atom stereocenters. The molecule has 0 radical (unpaired) electrons. The number of rotatable bonds is 6. The normalized spacial score (nSPS) is 10.2. The van der Waals surface area contributed by atoms with Crippen LogP contribution in [0, 0.1) is 0 Å². The van der Waals surface area contributed by atoms with E-state index in [1.54, 1.807) is 12.1 Å². The van der Waals surface area contributed by atoms with Gasteiger partial charge in [0.05, 0.1) is 0 Å². The lowest BCUT2D eigenvalue weighted by Crippen LogP contribution is -2.10. The zero-order valence-electron chi connectivity index (χ0n) is 11.4. The van der Waals surface area contributed by atoms with Gasteiger partial charge in [-0.25, -0.2) is 0 Å². The summed E-state index contributed by atoms with van der Waals surface area (Å²) in [5.74, 6) is -0.414. The maximum atomic E-state index is 11.1. The van der Waals surface area contributed by atoms with Gasteiger partial charge < -0.3 is 10.5 Å². The summed E-state index contributed by atoms with van der Waals surface area (Å²) in [6.07, 6.45) is 2.27. The number of carbonyl (C=O) groups is 1. The van der Waals surface area contributed by atoms with Gasteiger partial charge in [0.15, 0.2) is 0 Å². The molecular weight excluding hydrogens is 268 g/mol. The van der Waals surface area contributed by atoms with Gasteiger partial charge in [0, 0.05) is 16.1 Å². The predicted octanol–water partition coefficient (Wildman–Crippen LogP) is 3.86. The molecule has 0 aliphatic heterocycles. The van der Waals surface area contributed by atoms with Gasteiger partial charge in [-0.2, -0.15) is 0 Å². The summed E-state index contributed by atoms with van der Waals surface area (Å²) in [4.78, 5) is 12.2. The Hall–Kier alpha value is -1.94. The molecule has 2 rings (SSSR count). The van der Waals surface area contributed by atoms with Crippen molar-refractivity contribution in [3.8, 4) is 0 Å². The quantitative estimate of drug-likeness (QED) is 0.793. The molecule has 0 aliphatic carbocycles. The summed E-state index contributed by atoms with van der Waals surface area (Å²) in [5, 5.41) is 0. The first-order chi connectivity index (χ1) is 9.69. The zero-order chi connectivity index (χ0) is 14.4. The van der Waals surface area contributed by atoms with Crippen LogP contribution >= 0.6 is 11.9 Å². The summed E-state index contributed by atoms with van der Waals surface area (Å²) in [5.41, 5.74) is 7.99. The van der Waals surface area contributed by atoms with E-state index in [9.17, 15) is 4.79 Å². The first kappa shape index (κ1) is 14.5. The van der Waals surface area contributed by atoms with E-state index in [1.165, 1.54) is 17.5 Å². The van der Waals surface area contributed by atoms with Crippen molar-refractivity contribution in [2.75, 3.05) is 4.72 Å². The van der Waals surface area contributed by atoms with Crippen LogP contribution < -0.4 is 10.5 Å². The van der Waals surface area contributed by atoms with Gasteiger partial charge in [-0.15, -0.1) is 0 Å². The molecule has 0 bridgehead atoms. The van der Waals surface area contributed by atoms with Crippen molar-refractivity contribution in [2.45, 2.75) is 24.7 Å². The maximum absolute atomic E-state index is 11.1. The highest BCUT2D eigenvalue weighted by Gasteiger charge is 2.01. The van der Waals surface area contributed by atoms with E-state index < -0.39 is 5.91 Å². The molecule has 1 amide bonds.